The molecule has 0 aromatic heterocycles. The molecule has 0 bridgehead atoms. The molecule has 0 aromatic rings. The van der Waals surface area contributed by atoms with Crippen molar-refractivity contribution in [2.45, 2.75) is 31.8 Å². The number of nitrogens with one attached hydrogen (secondary N) is 1. The molecule has 15 heavy (non-hydrogen) atoms. The van der Waals surface area contributed by atoms with E-state index in [0.717, 1.165) is 0 Å². The average Bonchev–Trinajstić information content (AvgIpc) is 2.18. The molecular formula is C10H21NO4. The number of unbranched alkanes of at least 4 members (excludes halogenated alkanes) is 1. The number of hydrogen-bond donors (Lipinski definition) is 3. The Morgan fingerprint density at radius 2 is 2.20 bits per heavy atom. The third kappa shape index (κ3) is 9.65. The highest BCUT2D eigenvalue weighted by molar-refractivity contribution is 5.75. The van der Waals surface area contributed by atoms with Gasteiger partial charge in [-0.25, -0.2) is 0 Å². The number of rotatable bonds is 9. The van der Waals surface area contributed by atoms with Crippen LogP contribution in [-0.4, -0.2) is 49.1 Å². The Bertz CT molecular complexity index is 164. The fourth-order valence-corrected chi connectivity index (χ4v) is 1.14. The number of amides is 1. The minimum absolute atomic E-state index is 0.0342. The Kier molecular flexibility index (Phi) is 9.46. The van der Waals surface area contributed by atoms with Crippen LogP contribution in [0.1, 0.15) is 25.7 Å². The fraction of sp³-hybridized carbons (Fsp3) is 0.900. The molecule has 0 aliphatic rings. The zero-order valence-corrected chi connectivity index (χ0v) is 9.24. The van der Waals surface area contributed by atoms with E-state index in [4.69, 9.17) is 9.84 Å². The maximum absolute atomic E-state index is 11.2. The number of methoxy groups -OCH3 is 1. The standard InChI is InChI=1S/C10H21NO4/c1-15-8-9(13)5-6-11-10(14)4-2-3-7-12/h9,12-13H,2-8H2,1H3,(H,11,14). The summed E-state index contributed by atoms with van der Waals surface area (Å²) in [5.74, 6) is -0.0342. The van der Waals surface area contributed by atoms with E-state index in [1.165, 1.54) is 7.11 Å². The number of aliphatic hydroxyl groups is 2. The molecule has 1 atom stereocenters. The Morgan fingerprint density at radius 1 is 1.47 bits per heavy atom. The van der Waals surface area contributed by atoms with Crippen molar-refractivity contribution < 1.29 is 19.7 Å². The van der Waals surface area contributed by atoms with Crippen molar-refractivity contribution in [3.8, 4) is 0 Å². The van der Waals surface area contributed by atoms with E-state index in [0.29, 0.717) is 38.8 Å². The molecule has 1 unspecified atom stereocenters. The Balaban J connectivity index is 3.30. The van der Waals surface area contributed by atoms with E-state index in [1.54, 1.807) is 0 Å². The maximum Gasteiger partial charge on any atom is 0.219 e. The third-order valence-corrected chi connectivity index (χ3v) is 1.97. The first-order chi connectivity index (χ1) is 7.20. The molecule has 1 amide bonds. The van der Waals surface area contributed by atoms with Gasteiger partial charge < -0.3 is 20.3 Å². The van der Waals surface area contributed by atoms with Crippen LogP contribution in [0.4, 0.5) is 0 Å². The second-order valence-electron chi connectivity index (χ2n) is 3.43. The largest absolute Gasteiger partial charge is 0.396 e. The van der Waals surface area contributed by atoms with Crippen LogP contribution in [0.3, 0.4) is 0 Å². The molecule has 5 heteroatoms. The number of carbonyl (C=O) groups excluding carboxylic acids is 1. The molecule has 0 aromatic carbocycles. The summed E-state index contributed by atoms with van der Waals surface area (Å²) >= 11 is 0. The lowest BCUT2D eigenvalue weighted by Gasteiger charge is -2.09. The Hall–Kier alpha value is -0.650. The van der Waals surface area contributed by atoms with Crippen LogP contribution in [0.5, 0.6) is 0 Å². The monoisotopic (exact) mass is 219 g/mol. The van der Waals surface area contributed by atoms with E-state index in [9.17, 15) is 9.90 Å². The Labute approximate surface area is 90.4 Å². The summed E-state index contributed by atoms with van der Waals surface area (Å²) < 4.78 is 4.75. The highest BCUT2D eigenvalue weighted by atomic mass is 16.5. The summed E-state index contributed by atoms with van der Waals surface area (Å²) in [6.07, 6.45) is 1.76. The normalized spacial score (nSPS) is 12.5. The quantitative estimate of drug-likeness (QED) is 0.464. The molecule has 90 valence electrons. The van der Waals surface area contributed by atoms with Gasteiger partial charge in [-0.1, -0.05) is 0 Å². The zero-order chi connectivity index (χ0) is 11.5. The molecule has 0 aliphatic carbocycles. The molecule has 0 fully saturated rings. The predicted molar refractivity (Wildman–Crippen MR) is 56.4 cm³/mol. The molecule has 0 aliphatic heterocycles. The first-order valence-electron chi connectivity index (χ1n) is 5.25. The van der Waals surface area contributed by atoms with Gasteiger partial charge in [-0.2, -0.15) is 0 Å². The molecule has 0 saturated carbocycles. The van der Waals surface area contributed by atoms with Crippen LogP contribution in [-0.2, 0) is 9.53 Å². The predicted octanol–water partition coefficient (Wildman–Crippen LogP) is -0.337. The van der Waals surface area contributed by atoms with Crippen LogP contribution in [0, 0.1) is 0 Å². The highest BCUT2D eigenvalue weighted by Gasteiger charge is 2.04. The molecule has 5 nitrogen and oxygen atoms in total. The molecule has 0 rings (SSSR count). The minimum atomic E-state index is -0.521. The molecule has 0 radical (unpaired) electrons. The number of hydrogen-bond acceptors (Lipinski definition) is 4. The fourth-order valence-electron chi connectivity index (χ4n) is 1.14. The lowest BCUT2D eigenvalue weighted by molar-refractivity contribution is -0.121. The van der Waals surface area contributed by atoms with Gasteiger partial charge >= 0.3 is 0 Å². The van der Waals surface area contributed by atoms with Crippen molar-refractivity contribution >= 4 is 5.91 Å². The summed E-state index contributed by atoms with van der Waals surface area (Å²) in [5, 5.41) is 20.5. The maximum atomic E-state index is 11.2. The SMILES string of the molecule is COCC(O)CCNC(=O)CCCCO. The number of ether oxygens (including phenoxy) is 1. The zero-order valence-electron chi connectivity index (χ0n) is 9.24. The first kappa shape index (κ1) is 14.3. The second kappa shape index (κ2) is 9.89. The van der Waals surface area contributed by atoms with Crippen LogP contribution >= 0.6 is 0 Å². The molecular weight excluding hydrogens is 198 g/mol. The lowest BCUT2D eigenvalue weighted by Crippen LogP contribution is -2.28. The first-order valence-corrected chi connectivity index (χ1v) is 5.25. The van der Waals surface area contributed by atoms with Gasteiger partial charge in [0.1, 0.15) is 0 Å². The lowest BCUT2D eigenvalue weighted by atomic mass is 10.2. The van der Waals surface area contributed by atoms with Crippen LogP contribution in [0.25, 0.3) is 0 Å². The van der Waals surface area contributed by atoms with E-state index in [2.05, 4.69) is 5.32 Å². The number of aliphatic hydroxyl groups excluding tert-OH is 2. The molecule has 3 N–H and O–H groups in total. The van der Waals surface area contributed by atoms with Crippen molar-refractivity contribution in [2.75, 3.05) is 26.9 Å². The summed E-state index contributed by atoms with van der Waals surface area (Å²) in [7, 11) is 1.52. The van der Waals surface area contributed by atoms with Gasteiger partial charge in [-0.3, -0.25) is 4.79 Å². The van der Waals surface area contributed by atoms with E-state index < -0.39 is 6.10 Å². The van der Waals surface area contributed by atoms with Gasteiger partial charge in [0, 0.05) is 26.7 Å². The van der Waals surface area contributed by atoms with Crippen molar-refractivity contribution in [3.63, 3.8) is 0 Å². The van der Waals surface area contributed by atoms with Crippen molar-refractivity contribution in [3.05, 3.63) is 0 Å². The second-order valence-corrected chi connectivity index (χ2v) is 3.43. The average molecular weight is 219 g/mol. The van der Waals surface area contributed by atoms with Crippen LogP contribution < -0.4 is 5.32 Å². The van der Waals surface area contributed by atoms with Crippen molar-refractivity contribution in [2.24, 2.45) is 0 Å². The van der Waals surface area contributed by atoms with Crippen molar-refractivity contribution in [1.82, 2.24) is 5.32 Å². The molecule has 0 heterocycles. The summed E-state index contributed by atoms with van der Waals surface area (Å²) in [6, 6.07) is 0. The number of carbonyl (C=O) groups is 1. The van der Waals surface area contributed by atoms with Gasteiger partial charge in [-0.15, -0.1) is 0 Å². The van der Waals surface area contributed by atoms with Crippen molar-refractivity contribution in [1.29, 1.82) is 0 Å². The Morgan fingerprint density at radius 3 is 2.80 bits per heavy atom. The summed E-state index contributed by atoms with van der Waals surface area (Å²) in [4.78, 5) is 11.2. The van der Waals surface area contributed by atoms with Crippen LogP contribution in [0.2, 0.25) is 0 Å². The van der Waals surface area contributed by atoms with E-state index in [1.807, 2.05) is 0 Å². The third-order valence-electron chi connectivity index (χ3n) is 1.97. The molecule has 0 spiro atoms. The highest BCUT2D eigenvalue weighted by Crippen LogP contribution is 1.95. The van der Waals surface area contributed by atoms with Gasteiger partial charge in [0.2, 0.25) is 5.91 Å². The molecule has 0 saturated heterocycles. The smallest absolute Gasteiger partial charge is 0.219 e. The topological polar surface area (TPSA) is 78.8 Å². The minimum Gasteiger partial charge on any atom is -0.396 e. The van der Waals surface area contributed by atoms with Gasteiger partial charge in [0.15, 0.2) is 0 Å². The van der Waals surface area contributed by atoms with Gasteiger partial charge in [-0.05, 0) is 19.3 Å². The van der Waals surface area contributed by atoms with E-state index in [-0.39, 0.29) is 12.5 Å². The van der Waals surface area contributed by atoms with Crippen LogP contribution in [0.15, 0.2) is 0 Å². The van der Waals surface area contributed by atoms with Gasteiger partial charge in [0.25, 0.3) is 0 Å². The summed E-state index contributed by atoms with van der Waals surface area (Å²) in [5.41, 5.74) is 0. The van der Waals surface area contributed by atoms with E-state index >= 15 is 0 Å². The van der Waals surface area contributed by atoms with Gasteiger partial charge in [0.05, 0.1) is 12.7 Å². The summed E-state index contributed by atoms with van der Waals surface area (Å²) in [6.45, 7) is 0.878.